The minimum absolute atomic E-state index is 0.904. The number of para-hydroxylation sites is 6. The van der Waals surface area contributed by atoms with E-state index in [9.17, 15) is 0 Å². The first kappa shape index (κ1) is 36.5. The lowest BCUT2D eigenvalue weighted by atomic mass is 9.93. The molecule has 0 atom stereocenters. The van der Waals surface area contributed by atoms with Gasteiger partial charge in [0.05, 0.1) is 16.7 Å². The third-order valence-corrected chi connectivity index (χ3v) is 12.4. The van der Waals surface area contributed by atoms with Crippen molar-refractivity contribution in [2.75, 3.05) is 4.90 Å². The van der Waals surface area contributed by atoms with Crippen LogP contribution < -0.4 is 4.90 Å². The fourth-order valence-corrected chi connectivity index (χ4v) is 9.51. The van der Waals surface area contributed by atoms with Crippen LogP contribution in [0.2, 0.25) is 0 Å². The molecule has 0 aliphatic carbocycles. The van der Waals surface area contributed by atoms with Crippen LogP contribution >= 0.6 is 0 Å². The zero-order chi connectivity index (χ0) is 41.7. The first-order valence-corrected chi connectivity index (χ1v) is 21.5. The Hall–Kier alpha value is -8.40. The van der Waals surface area contributed by atoms with Gasteiger partial charge in [0.2, 0.25) is 0 Å². The van der Waals surface area contributed by atoms with Gasteiger partial charge in [-0.25, -0.2) is 0 Å². The van der Waals surface area contributed by atoms with Gasteiger partial charge in [0.25, 0.3) is 0 Å². The standard InChI is InChI=1S/C60H40N2O/c1-2-18-45(19-3-1)61(47-38-34-42(35-39-47)48-20-4-5-22-50(48)54-26-15-27-55-53-25-9-13-31-59(53)63-60(54)55)46-36-32-41(33-37-46)43-16-14-17-44(40-43)49-21-6-10-28-56(49)62-57-29-11-7-23-51(57)52-24-8-12-30-58(52)62/h1-40H. The first-order chi connectivity index (χ1) is 31.3. The van der Waals surface area contributed by atoms with Crippen LogP contribution in [0.15, 0.2) is 247 Å². The Morgan fingerprint density at radius 1 is 0.302 bits per heavy atom. The van der Waals surface area contributed by atoms with E-state index in [-0.39, 0.29) is 0 Å². The summed E-state index contributed by atoms with van der Waals surface area (Å²) in [6.45, 7) is 0. The zero-order valence-electron chi connectivity index (χ0n) is 34.4. The van der Waals surface area contributed by atoms with E-state index in [0.29, 0.717) is 0 Å². The van der Waals surface area contributed by atoms with Crippen LogP contribution in [-0.4, -0.2) is 4.57 Å². The van der Waals surface area contributed by atoms with Crippen molar-refractivity contribution in [3.05, 3.63) is 243 Å². The molecule has 0 aliphatic heterocycles. The Labute approximate surface area is 366 Å². The Balaban J connectivity index is 0.884. The second kappa shape index (κ2) is 15.3. The van der Waals surface area contributed by atoms with Gasteiger partial charge in [-0.15, -0.1) is 0 Å². The fraction of sp³-hybridized carbons (Fsp3) is 0. The highest BCUT2D eigenvalue weighted by atomic mass is 16.3. The summed E-state index contributed by atoms with van der Waals surface area (Å²) in [7, 11) is 0. The van der Waals surface area contributed by atoms with E-state index >= 15 is 0 Å². The van der Waals surface area contributed by atoms with Crippen molar-refractivity contribution in [2.45, 2.75) is 0 Å². The van der Waals surface area contributed by atoms with Gasteiger partial charge in [-0.05, 0) is 100 Å². The third-order valence-electron chi connectivity index (χ3n) is 12.4. The summed E-state index contributed by atoms with van der Waals surface area (Å²) < 4.78 is 8.89. The molecule has 3 nitrogen and oxygen atoms in total. The van der Waals surface area contributed by atoms with Crippen molar-refractivity contribution in [1.82, 2.24) is 4.57 Å². The van der Waals surface area contributed by atoms with Gasteiger partial charge in [0, 0.05) is 49.7 Å². The number of hydrogen-bond acceptors (Lipinski definition) is 2. The van der Waals surface area contributed by atoms with Crippen LogP contribution in [0.3, 0.4) is 0 Å². The summed E-state index contributed by atoms with van der Waals surface area (Å²) >= 11 is 0. The smallest absolute Gasteiger partial charge is 0.143 e. The van der Waals surface area contributed by atoms with E-state index in [0.717, 1.165) is 66.8 Å². The maximum atomic E-state index is 6.48. The number of furan rings is 1. The largest absolute Gasteiger partial charge is 0.455 e. The van der Waals surface area contributed by atoms with Crippen molar-refractivity contribution in [2.24, 2.45) is 0 Å². The molecular weight excluding hydrogens is 765 g/mol. The fourth-order valence-electron chi connectivity index (χ4n) is 9.51. The molecule has 12 rings (SSSR count). The van der Waals surface area contributed by atoms with Crippen LogP contribution in [0.1, 0.15) is 0 Å². The number of anilines is 3. The van der Waals surface area contributed by atoms with E-state index in [4.69, 9.17) is 4.42 Å². The molecule has 12 aromatic rings. The highest BCUT2D eigenvalue weighted by Crippen LogP contribution is 2.42. The second-order valence-corrected chi connectivity index (χ2v) is 16.1. The molecule has 296 valence electrons. The number of nitrogens with zero attached hydrogens (tertiary/aromatic N) is 2. The van der Waals surface area contributed by atoms with Crippen molar-refractivity contribution >= 4 is 60.8 Å². The van der Waals surface area contributed by atoms with Crippen molar-refractivity contribution in [1.29, 1.82) is 0 Å². The number of benzene rings is 10. The summed E-state index contributed by atoms with van der Waals surface area (Å²) in [6, 6.07) is 86.9. The second-order valence-electron chi connectivity index (χ2n) is 16.1. The quantitative estimate of drug-likeness (QED) is 0.153. The number of fused-ring (bicyclic) bond motifs is 6. The molecular formula is C60H40N2O. The summed E-state index contributed by atoms with van der Waals surface area (Å²) in [5.41, 5.74) is 17.9. The monoisotopic (exact) mass is 804 g/mol. The van der Waals surface area contributed by atoms with E-state index in [1.807, 2.05) is 12.1 Å². The predicted octanol–water partition coefficient (Wildman–Crippen LogP) is 16.8. The molecule has 0 aliphatic rings. The van der Waals surface area contributed by atoms with E-state index < -0.39 is 0 Å². The minimum Gasteiger partial charge on any atom is -0.455 e. The molecule has 0 bridgehead atoms. The summed E-state index contributed by atoms with van der Waals surface area (Å²) in [6.07, 6.45) is 0. The van der Waals surface area contributed by atoms with E-state index in [1.54, 1.807) is 0 Å². The molecule has 0 N–H and O–H groups in total. The van der Waals surface area contributed by atoms with E-state index in [1.165, 1.54) is 44.2 Å². The number of hydrogen-bond donors (Lipinski definition) is 0. The molecule has 0 amide bonds. The highest BCUT2D eigenvalue weighted by molar-refractivity contribution is 6.11. The van der Waals surface area contributed by atoms with Crippen LogP contribution in [0.4, 0.5) is 17.1 Å². The van der Waals surface area contributed by atoms with Crippen molar-refractivity contribution < 1.29 is 4.42 Å². The lowest BCUT2D eigenvalue weighted by Crippen LogP contribution is -2.09. The van der Waals surface area contributed by atoms with Crippen molar-refractivity contribution in [3.63, 3.8) is 0 Å². The van der Waals surface area contributed by atoms with Gasteiger partial charge in [0.1, 0.15) is 11.2 Å². The Morgan fingerprint density at radius 3 is 1.54 bits per heavy atom. The molecule has 63 heavy (non-hydrogen) atoms. The van der Waals surface area contributed by atoms with Gasteiger partial charge >= 0.3 is 0 Å². The van der Waals surface area contributed by atoms with Gasteiger partial charge in [0.15, 0.2) is 0 Å². The van der Waals surface area contributed by atoms with Crippen LogP contribution in [-0.2, 0) is 0 Å². The topological polar surface area (TPSA) is 21.3 Å². The summed E-state index contributed by atoms with van der Waals surface area (Å²) in [5.74, 6) is 0. The molecule has 0 fully saturated rings. The lowest BCUT2D eigenvalue weighted by molar-refractivity contribution is 0.670. The van der Waals surface area contributed by atoms with Gasteiger partial charge < -0.3 is 13.9 Å². The molecule has 3 heteroatoms. The SMILES string of the molecule is c1ccc(N(c2ccc(-c3cccc(-c4ccccc4-n4c5ccccc5c5ccccc54)c3)cc2)c2ccc(-c3ccccc3-c3cccc4c3oc3ccccc34)cc2)cc1. The molecule has 10 aromatic carbocycles. The number of aromatic nitrogens is 1. The third kappa shape index (κ3) is 6.29. The molecule has 0 spiro atoms. The Kier molecular flexibility index (Phi) is 8.83. The van der Waals surface area contributed by atoms with E-state index in [2.05, 4.69) is 240 Å². The molecule has 0 radical (unpaired) electrons. The van der Waals surface area contributed by atoms with Crippen molar-refractivity contribution in [3.8, 4) is 50.2 Å². The van der Waals surface area contributed by atoms with Gasteiger partial charge in [-0.3, -0.25) is 0 Å². The number of rotatable bonds is 8. The molecule has 0 saturated heterocycles. The normalized spacial score (nSPS) is 11.5. The first-order valence-electron chi connectivity index (χ1n) is 21.5. The highest BCUT2D eigenvalue weighted by Gasteiger charge is 2.18. The average molecular weight is 805 g/mol. The Bertz CT molecular complexity index is 3560. The molecule has 0 saturated carbocycles. The molecule has 2 aromatic heterocycles. The maximum Gasteiger partial charge on any atom is 0.143 e. The van der Waals surface area contributed by atoms with Crippen LogP contribution in [0.5, 0.6) is 0 Å². The Morgan fingerprint density at radius 2 is 0.810 bits per heavy atom. The van der Waals surface area contributed by atoms with Gasteiger partial charge in [-0.2, -0.15) is 0 Å². The minimum atomic E-state index is 0.904. The van der Waals surface area contributed by atoms with Crippen LogP contribution in [0, 0.1) is 0 Å². The average Bonchev–Trinajstić information content (AvgIpc) is 3.91. The van der Waals surface area contributed by atoms with Crippen LogP contribution in [0.25, 0.3) is 93.9 Å². The van der Waals surface area contributed by atoms with Gasteiger partial charge in [-0.1, -0.05) is 176 Å². The zero-order valence-corrected chi connectivity index (χ0v) is 34.4. The maximum absolute atomic E-state index is 6.48. The molecule has 2 heterocycles. The predicted molar refractivity (Wildman–Crippen MR) is 264 cm³/mol. The summed E-state index contributed by atoms with van der Waals surface area (Å²) in [5, 5.41) is 4.79. The lowest BCUT2D eigenvalue weighted by Gasteiger charge is -2.26. The summed E-state index contributed by atoms with van der Waals surface area (Å²) in [4.78, 5) is 2.33. The molecule has 0 unspecified atom stereocenters.